The molecule has 20 heavy (non-hydrogen) atoms. The first kappa shape index (κ1) is 16.7. The largest absolute Gasteiger partial charge is 0.480 e. The molecule has 4 nitrogen and oxygen atoms in total. The van der Waals surface area contributed by atoms with E-state index in [1.54, 1.807) is 0 Å². The van der Waals surface area contributed by atoms with Gasteiger partial charge in [0.2, 0.25) is 5.91 Å². The van der Waals surface area contributed by atoms with Gasteiger partial charge in [-0.15, -0.1) is 0 Å². The number of carbonyl (C=O) groups excluding carboxylic acids is 1. The molecule has 0 aliphatic rings. The number of carboxylic acid groups (broad SMARTS) is 1. The number of nitrogens with one attached hydrogen (secondary N) is 1. The Hall–Kier alpha value is -1.36. The highest BCUT2D eigenvalue weighted by Crippen LogP contribution is 2.17. The number of carbonyl (C=O) groups is 2. The van der Waals surface area contributed by atoms with Crippen LogP contribution in [-0.4, -0.2) is 23.0 Å². The maximum Gasteiger partial charge on any atom is 0.326 e. The Labute approximate surface area is 127 Å². The molecule has 0 bridgehead atoms. The summed E-state index contributed by atoms with van der Waals surface area (Å²) in [5, 5.41) is 11.7. The maximum atomic E-state index is 11.9. The maximum absolute atomic E-state index is 11.9. The van der Waals surface area contributed by atoms with Crippen molar-refractivity contribution in [2.75, 3.05) is 0 Å². The zero-order valence-corrected chi connectivity index (χ0v) is 13.5. The number of hydrogen-bond acceptors (Lipinski definition) is 2. The van der Waals surface area contributed by atoms with Gasteiger partial charge in [0.25, 0.3) is 0 Å². The van der Waals surface area contributed by atoms with Crippen molar-refractivity contribution in [3.63, 3.8) is 0 Å². The Morgan fingerprint density at radius 3 is 2.50 bits per heavy atom. The van der Waals surface area contributed by atoms with Crippen molar-refractivity contribution in [2.45, 2.75) is 39.7 Å². The minimum Gasteiger partial charge on any atom is -0.480 e. The standard InChI is InChI=1S/C15H20BrNO3/c1-9(2)6-13(15(19)20)17-14(18)8-11-5-4-10(3)12(16)7-11/h4-5,7,9,13H,6,8H2,1-3H3,(H,17,18)(H,19,20)/t13-/m1/s1. The lowest BCUT2D eigenvalue weighted by Crippen LogP contribution is -2.42. The highest BCUT2D eigenvalue weighted by molar-refractivity contribution is 9.10. The molecule has 0 aliphatic carbocycles. The Morgan fingerprint density at radius 2 is 2.00 bits per heavy atom. The number of aliphatic carboxylic acids is 1. The predicted molar refractivity (Wildman–Crippen MR) is 81.6 cm³/mol. The SMILES string of the molecule is Cc1ccc(CC(=O)N[C@H](CC(C)C)C(=O)O)cc1Br. The summed E-state index contributed by atoms with van der Waals surface area (Å²) in [6.45, 7) is 5.83. The highest BCUT2D eigenvalue weighted by Gasteiger charge is 2.21. The van der Waals surface area contributed by atoms with E-state index in [4.69, 9.17) is 5.11 Å². The van der Waals surface area contributed by atoms with Crippen LogP contribution in [0.3, 0.4) is 0 Å². The fourth-order valence-corrected chi connectivity index (χ4v) is 2.30. The van der Waals surface area contributed by atoms with Crippen LogP contribution in [0.5, 0.6) is 0 Å². The van der Waals surface area contributed by atoms with Crippen LogP contribution in [0.4, 0.5) is 0 Å². The van der Waals surface area contributed by atoms with E-state index in [1.165, 1.54) is 0 Å². The summed E-state index contributed by atoms with van der Waals surface area (Å²) >= 11 is 3.42. The van der Waals surface area contributed by atoms with Crippen LogP contribution in [0.15, 0.2) is 22.7 Å². The summed E-state index contributed by atoms with van der Waals surface area (Å²) in [6, 6.07) is 4.86. The molecule has 0 unspecified atom stereocenters. The summed E-state index contributed by atoms with van der Waals surface area (Å²) in [4.78, 5) is 23.0. The van der Waals surface area contributed by atoms with Crippen LogP contribution < -0.4 is 5.32 Å². The predicted octanol–water partition coefficient (Wildman–Crippen LogP) is 2.92. The third-order valence-corrected chi connectivity index (χ3v) is 3.80. The molecule has 0 heterocycles. The zero-order valence-electron chi connectivity index (χ0n) is 11.9. The van der Waals surface area contributed by atoms with Crippen molar-refractivity contribution >= 4 is 27.8 Å². The summed E-state index contributed by atoms with van der Waals surface area (Å²) in [7, 11) is 0. The molecule has 1 atom stereocenters. The number of benzene rings is 1. The van der Waals surface area contributed by atoms with Gasteiger partial charge in [0, 0.05) is 4.47 Å². The molecule has 110 valence electrons. The number of hydrogen-bond donors (Lipinski definition) is 2. The molecule has 0 fully saturated rings. The summed E-state index contributed by atoms with van der Waals surface area (Å²) < 4.78 is 0.944. The van der Waals surface area contributed by atoms with Gasteiger partial charge >= 0.3 is 5.97 Å². The Balaban J connectivity index is 2.65. The average Bonchev–Trinajstić information content (AvgIpc) is 2.32. The van der Waals surface area contributed by atoms with E-state index in [0.717, 1.165) is 15.6 Å². The first-order chi connectivity index (χ1) is 9.29. The van der Waals surface area contributed by atoms with Crippen LogP contribution in [0, 0.1) is 12.8 Å². The lowest BCUT2D eigenvalue weighted by molar-refractivity contribution is -0.142. The molecular formula is C15H20BrNO3. The molecule has 1 aromatic rings. The number of amides is 1. The Bertz CT molecular complexity index is 500. The van der Waals surface area contributed by atoms with Gasteiger partial charge in [-0.05, 0) is 36.5 Å². The monoisotopic (exact) mass is 341 g/mol. The smallest absolute Gasteiger partial charge is 0.326 e. The summed E-state index contributed by atoms with van der Waals surface area (Å²) in [5.74, 6) is -1.05. The van der Waals surface area contributed by atoms with E-state index in [-0.39, 0.29) is 18.2 Å². The first-order valence-electron chi connectivity index (χ1n) is 6.56. The molecule has 0 aromatic heterocycles. The minimum atomic E-state index is -0.989. The Morgan fingerprint density at radius 1 is 1.35 bits per heavy atom. The first-order valence-corrected chi connectivity index (χ1v) is 7.36. The van der Waals surface area contributed by atoms with Crippen molar-refractivity contribution in [1.82, 2.24) is 5.32 Å². The lowest BCUT2D eigenvalue weighted by Gasteiger charge is -2.16. The second-order valence-corrected chi connectivity index (χ2v) is 6.20. The molecule has 1 rings (SSSR count). The van der Waals surface area contributed by atoms with E-state index >= 15 is 0 Å². The van der Waals surface area contributed by atoms with Crippen molar-refractivity contribution in [1.29, 1.82) is 0 Å². The van der Waals surface area contributed by atoms with Gasteiger partial charge in [-0.1, -0.05) is 41.9 Å². The number of aryl methyl sites for hydroxylation is 1. The lowest BCUT2D eigenvalue weighted by atomic mass is 10.0. The topological polar surface area (TPSA) is 66.4 Å². The van der Waals surface area contributed by atoms with E-state index in [9.17, 15) is 9.59 Å². The number of halogens is 1. The molecule has 5 heteroatoms. The Kier molecular flexibility index (Phi) is 6.20. The summed E-state index contributed by atoms with van der Waals surface area (Å²) in [6.07, 6.45) is 0.611. The van der Waals surface area contributed by atoms with E-state index in [0.29, 0.717) is 6.42 Å². The second-order valence-electron chi connectivity index (χ2n) is 5.35. The fraction of sp³-hybridized carbons (Fsp3) is 0.467. The fourth-order valence-electron chi connectivity index (χ4n) is 1.87. The van der Waals surface area contributed by atoms with Crippen molar-refractivity contribution in [3.05, 3.63) is 33.8 Å². The minimum absolute atomic E-state index is 0.181. The van der Waals surface area contributed by atoms with Gasteiger partial charge in [0.1, 0.15) is 6.04 Å². The molecule has 0 spiro atoms. The molecule has 0 saturated heterocycles. The van der Waals surface area contributed by atoms with Crippen molar-refractivity contribution in [2.24, 2.45) is 5.92 Å². The van der Waals surface area contributed by atoms with E-state index in [1.807, 2.05) is 39.0 Å². The van der Waals surface area contributed by atoms with Crippen LogP contribution in [-0.2, 0) is 16.0 Å². The van der Waals surface area contributed by atoms with Crippen LogP contribution in [0.1, 0.15) is 31.4 Å². The molecule has 0 radical (unpaired) electrons. The van der Waals surface area contributed by atoms with Crippen LogP contribution in [0.25, 0.3) is 0 Å². The molecule has 0 saturated carbocycles. The van der Waals surface area contributed by atoms with Crippen molar-refractivity contribution in [3.8, 4) is 0 Å². The zero-order chi connectivity index (χ0) is 15.3. The normalized spacial score (nSPS) is 12.2. The van der Waals surface area contributed by atoms with Gasteiger partial charge in [-0.2, -0.15) is 0 Å². The van der Waals surface area contributed by atoms with Crippen LogP contribution in [0.2, 0.25) is 0 Å². The molecule has 1 amide bonds. The van der Waals surface area contributed by atoms with Gasteiger partial charge in [0.15, 0.2) is 0 Å². The quantitative estimate of drug-likeness (QED) is 0.835. The van der Waals surface area contributed by atoms with Gasteiger partial charge < -0.3 is 10.4 Å². The molecule has 1 aromatic carbocycles. The summed E-state index contributed by atoms with van der Waals surface area (Å²) in [5.41, 5.74) is 1.95. The van der Waals surface area contributed by atoms with Crippen molar-refractivity contribution < 1.29 is 14.7 Å². The van der Waals surface area contributed by atoms with Crippen LogP contribution >= 0.6 is 15.9 Å². The molecule has 0 aliphatic heterocycles. The highest BCUT2D eigenvalue weighted by atomic mass is 79.9. The van der Waals surface area contributed by atoms with Gasteiger partial charge in [-0.25, -0.2) is 4.79 Å². The molecule has 2 N–H and O–H groups in total. The third kappa shape index (κ3) is 5.33. The second kappa shape index (κ2) is 7.43. The van der Waals surface area contributed by atoms with E-state index < -0.39 is 12.0 Å². The van der Waals surface area contributed by atoms with Gasteiger partial charge in [0.05, 0.1) is 6.42 Å². The van der Waals surface area contributed by atoms with E-state index in [2.05, 4.69) is 21.2 Å². The van der Waals surface area contributed by atoms with Gasteiger partial charge in [-0.3, -0.25) is 4.79 Å². The number of carboxylic acids is 1. The third-order valence-electron chi connectivity index (χ3n) is 2.94. The molecular weight excluding hydrogens is 322 g/mol. The average molecular weight is 342 g/mol. The number of rotatable bonds is 6.